The van der Waals surface area contributed by atoms with E-state index >= 15 is 0 Å². The average Bonchev–Trinajstić information content (AvgIpc) is 3.21. The summed E-state index contributed by atoms with van der Waals surface area (Å²) < 4.78 is 0. The molecule has 1 saturated heterocycles. The minimum absolute atomic E-state index is 0.234. The monoisotopic (exact) mass is 370 g/mol. The van der Waals surface area contributed by atoms with Crippen LogP contribution in [-0.2, 0) is 27.3 Å². The van der Waals surface area contributed by atoms with E-state index in [4.69, 9.17) is 5.73 Å². The quantitative estimate of drug-likeness (QED) is 0.745. The maximum absolute atomic E-state index is 12.9. The minimum Gasteiger partial charge on any atom is -0.368 e. The van der Waals surface area contributed by atoms with Gasteiger partial charge in [-0.3, -0.25) is 19.3 Å². The Morgan fingerprint density at radius 3 is 2.48 bits per heavy atom. The molecule has 2 aliphatic heterocycles. The van der Waals surface area contributed by atoms with Gasteiger partial charge in [-0.2, -0.15) is 0 Å². The van der Waals surface area contributed by atoms with Gasteiger partial charge in [0.1, 0.15) is 18.1 Å². The number of carbonyl (C=O) groups excluding carboxylic acids is 4. The highest BCUT2D eigenvalue weighted by Gasteiger charge is 2.53. The molecule has 8 heteroatoms. The molecule has 3 aliphatic rings. The zero-order chi connectivity index (χ0) is 19.2. The van der Waals surface area contributed by atoms with Gasteiger partial charge in [0.15, 0.2) is 0 Å². The summed E-state index contributed by atoms with van der Waals surface area (Å²) in [5, 5.41) is 2.76. The van der Waals surface area contributed by atoms with Gasteiger partial charge in [-0.15, -0.1) is 0 Å². The van der Waals surface area contributed by atoms with E-state index in [1.165, 1.54) is 4.90 Å². The molecule has 1 unspecified atom stereocenters. The molecular weight excluding hydrogens is 348 g/mol. The van der Waals surface area contributed by atoms with E-state index in [0.717, 1.165) is 28.9 Å². The molecule has 2 heterocycles. The fraction of sp³-hybridized carbons (Fsp3) is 0.474. The summed E-state index contributed by atoms with van der Waals surface area (Å²) in [6.07, 6.45) is 3.29. The molecule has 2 fully saturated rings. The van der Waals surface area contributed by atoms with Gasteiger partial charge >= 0.3 is 6.03 Å². The number of primary amides is 1. The Bertz CT molecular complexity index is 831. The van der Waals surface area contributed by atoms with Gasteiger partial charge in [-0.25, -0.2) is 4.79 Å². The highest BCUT2D eigenvalue weighted by Crippen LogP contribution is 2.35. The van der Waals surface area contributed by atoms with Crippen LogP contribution in [0, 0.1) is 0 Å². The summed E-state index contributed by atoms with van der Waals surface area (Å²) in [5.41, 5.74) is 6.58. The summed E-state index contributed by atoms with van der Waals surface area (Å²) in [6.45, 7) is -0.143. The molecule has 1 aromatic rings. The van der Waals surface area contributed by atoms with Crippen LogP contribution in [0.3, 0.4) is 0 Å². The molecule has 0 bridgehead atoms. The predicted molar refractivity (Wildman–Crippen MR) is 95.1 cm³/mol. The molecule has 1 spiro atoms. The number of carbonyl (C=O) groups is 4. The van der Waals surface area contributed by atoms with Crippen LogP contribution in [0.5, 0.6) is 0 Å². The third-order valence-corrected chi connectivity index (χ3v) is 5.89. The van der Waals surface area contributed by atoms with E-state index in [-0.39, 0.29) is 19.0 Å². The summed E-state index contributed by atoms with van der Waals surface area (Å²) in [7, 11) is 0. The molecule has 1 atom stereocenters. The minimum atomic E-state index is -0.852. The number of amides is 5. The third-order valence-electron chi connectivity index (χ3n) is 5.89. The normalized spacial score (nSPS) is 23.5. The number of urea groups is 1. The van der Waals surface area contributed by atoms with Gasteiger partial charge in [0.05, 0.1) is 0 Å². The Balaban J connectivity index is 1.54. The SMILES string of the molecule is NC(=O)C1Cc2ccccc2CN1C(=O)CN1C(=O)NC2(CCCC2)C1=O. The number of benzene rings is 1. The van der Waals surface area contributed by atoms with Gasteiger partial charge in [-0.05, 0) is 24.0 Å². The van der Waals surface area contributed by atoms with Crippen molar-refractivity contribution in [2.24, 2.45) is 5.73 Å². The van der Waals surface area contributed by atoms with E-state index in [2.05, 4.69) is 5.32 Å². The van der Waals surface area contributed by atoms with E-state index in [1.54, 1.807) is 0 Å². The molecule has 0 aromatic heterocycles. The number of imide groups is 1. The van der Waals surface area contributed by atoms with Crippen molar-refractivity contribution in [3.63, 3.8) is 0 Å². The molecule has 3 N–H and O–H groups in total. The number of nitrogens with zero attached hydrogens (tertiary/aromatic N) is 2. The van der Waals surface area contributed by atoms with Crippen molar-refractivity contribution in [3.05, 3.63) is 35.4 Å². The summed E-state index contributed by atoms with van der Waals surface area (Å²) in [5.74, 6) is -1.39. The lowest BCUT2D eigenvalue weighted by Gasteiger charge is -2.35. The Kier molecular flexibility index (Phi) is 4.13. The lowest BCUT2D eigenvalue weighted by molar-refractivity contribution is -0.144. The molecule has 1 saturated carbocycles. The van der Waals surface area contributed by atoms with Crippen LogP contribution in [0.2, 0.25) is 0 Å². The Labute approximate surface area is 156 Å². The van der Waals surface area contributed by atoms with Gasteiger partial charge in [0.2, 0.25) is 11.8 Å². The van der Waals surface area contributed by atoms with Crippen molar-refractivity contribution in [1.82, 2.24) is 15.1 Å². The first-order valence-corrected chi connectivity index (χ1v) is 9.21. The highest BCUT2D eigenvalue weighted by molar-refractivity contribution is 6.09. The first kappa shape index (κ1) is 17.5. The van der Waals surface area contributed by atoms with Crippen LogP contribution < -0.4 is 11.1 Å². The second-order valence-corrected chi connectivity index (χ2v) is 7.52. The Hall–Kier alpha value is -2.90. The van der Waals surface area contributed by atoms with Crippen LogP contribution in [0.25, 0.3) is 0 Å². The zero-order valence-electron chi connectivity index (χ0n) is 14.9. The zero-order valence-corrected chi connectivity index (χ0v) is 14.9. The van der Waals surface area contributed by atoms with Crippen molar-refractivity contribution >= 4 is 23.8 Å². The van der Waals surface area contributed by atoms with Crippen LogP contribution in [0.4, 0.5) is 4.79 Å². The predicted octanol–water partition coefficient (Wildman–Crippen LogP) is 0.290. The number of nitrogens with two attached hydrogens (primary N) is 1. The second-order valence-electron chi connectivity index (χ2n) is 7.52. The van der Waals surface area contributed by atoms with Gasteiger partial charge < -0.3 is 16.0 Å². The first-order chi connectivity index (χ1) is 12.9. The molecule has 0 radical (unpaired) electrons. The van der Waals surface area contributed by atoms with Crippen LogP contribution >= 0.6 is 0 Å². The van der Waals surface area contributed by atoms with Crippen molar-refractivity contribution in [3.8, 4) is 0 Å². The molecule has 5 amide bonds. The lowest BCUT2D eigenvalue weighted by atomic mass is 9.93. The molecule has 4 rings (SSSR count). The molecular formula is C19H22N4O4. The number of hydrogen-bond acceptors (Lipinski definition) is 4. The average molecular weight is 370 g/mol. The van der Waals surface area contributed by atoms with E-state index in [1.807, 2.05) is 24.3 Å². The maximum atomic E-state index is 12.9. The summed E-state index contributed by atoms with van der Waals surface area (Å²) >= 11 is 0. The van der Waals surface area contributed by atoms with Crippen LogP contribution in [0.15, 0.2) is 24.3 Å². The molecule has 8 nitrogen and oxygen atoms in total. The third kappa shape index (κ3) is 2.85. The van der Waals surface area contributed by atoms with Crippen molar-refractivity contribution in [1.29, 1.82) is 0 Å². The highest BCUT2D eigenvalue weighted by atomic mass is 16.2. The van der Waals surface area contributed by atoms with Gasteiger partial charge in [0.25, 0.3) is 5.91 Å². The summed E-state index contributed by atoms with van der Waals surface area (Å²) in [6, 6.07) is 6.23. The smallest absolute Gasteiger partial charge is 0.325 e. The van der Waals surface area contributed by atoms with Gasteiger partial charge in [-0.1, -0.05) is 37.1 Å². The molecule has 1 aliphatic carbocycles. The number of hydrogen-bond donors (Lipinski definition) is 2. The maximum Gasteiger partial charge on any atom is 0.325 e. The summed E-state index contributed by atoms with van der Waals surface area (Å²) in [4.78, 5) is 52.3. The van der Waals surface area contributed by atoms with Gasteiger partial charge in [0, 0.05) is 13.0 Å². The Morgan fingerprint density at radius 1 is 1.15 bits per heavy atom. The van der Waals surface area contributed by atoms with Crippen LogP contribution in [0.1, 0.15) is 36.8 Å². The van der Waals surface area contributed by atoms with Crippen molar-refractivity contribution in [2.45, 2.75) is 50.2 Å². The molecule has 27 heavy (non-hydrogen) atoms. The molecule has 1 aromatic carbocycles. The molecule has 142 valence electrons. The fourth-order valence-electron chi connectivity index (χ4n) is 4.40. The lowest BCUT2D eigenvalue weighted by Crippen LogP contribution is -2.54. The number of nitrogens with one attached hydrogen (secondary N) is 1. The van der Waals surface area contributed by atoms with E-state index in [9.17, 15) is 19.2 Å². The Morgan fingerprint density at radius 2 is 1.81 bits per heavy atom. The largest absolute Gasteiger partial charge is 0.368 e. The van der Waals surface area contributed by atoms with Crippen LogP contribution in [-0.4, -0.2) is 51.7 Å². The number of rotatable bonds is 3. The first-order valence-electron chi connectivity index (χ1n) is 9.21. The second kappa shape index (κ2) is 6.37. The van der Waals surface area contributed by atoms with Crippen molar-refractivity contribution in [2.75, 3.05) is 6.54 Å². The fourth-order valence-corrected chi connectivity index (χ4v) is 4.40. The number of fused-ring (bicyclic) bond motifs is 1. The van der Waals surface area contributed by atoms with Crippen molar-refractivity contribution < 1.29 is 19.2 Å². The van der Waals surface area contributed by atoms with E-state index in [0.29, 0.717) is 19.3 Å². The standard InChI is InChI=1S/C19H22N4O4/c20-16(25)14-9-12-5-1-2-6-13(12)10-22(14)15(24)11-23-17(26)19(21-18(23)27)7-3-4-8-19/h1-2,5-6,14H,3-4,7-11H2,(H2,20,25)(H,21,27). The topological polar surface area (TPSA) is 113 Å². The van der Waals surface area contributed by atoms with E-state index < -0.39 is 29.4 Å².